The van der Waals surface area contributed by atoms with Gasteiger partial charge in [0.05, 0.1) is 31.8 Å². The molecule has 1 aliphatic heterocycles. The van der Waals surface area contributed by atoms with E-state index in [0.29, 0.717) is 28.0 Å². The highest BCUT2D eigenvalue weighted by atomic mass is 35.5. The lowest BCUT2D eigenvalue weighted by Crippen LogP contribution is -2.25. The molecule has 1 amide bonds. The van der Waals surface area contributed by atoms with Crippen molar-refractivity contribution in [3.05, 3.63) is 70.5 Å². The van der Waals surface area contributed by atoms with E-state index in [1.807, 2.05) is 37.3 Å². The lowest BCUT2D eigenvalue weighted by Gasteiger charge is -2.24. The highest BCUT2D eigenvalue weighted by Crippen LogP contribution is 2.42. The predicted molar refractivity (Wildman–Crippen MR) is 127 cm³/mol. The number of aryl methyl sites for hydroxylation is 1. The van der Waals surface area contributed by atoms with Crippen molar-refractivity contribution in [2.75, 3.05) is 19.5 Å². The Bertz CT molecular complexity index is 1390. The molecular formula is C24H21ClN6O3. The van der Waals surface area contributed by atoms with Gasteiger partial charge in [0, 0.05) is 28.5 Å². The summed E-state index contributed by atoms with van der Waals surface area (Å²) >= 11 is 6.00. The van der Waals surface area contributed by atoms with E-state index in [1.54, 1.807) is 32.5 Å². The lowest BCUT2D eigenvalue weighted by atomic mass is 9.85. The first kappa shape index (κ1) is 21.8. The Morgan fingerprint density at radius 3 is 2.59 bits per heavy atom. The van der Waals surface area contributed by atoms with E-state index in [9.17, 15) is 4.79 Å². The molecule has 3 heterocycles. The van der Waals surface area contributed by atoms with Gasteiger partial charge in [0.2, 0.25) is 5.91 Å². The Kier molecular flexibility index (Phi) is 5.62. The van der Waals surface area contributed by atoms with Crippen molar-refractivity contribution >= 4 is 23.3 Å². The smallest absolute Gasteiger partial charge is 0.272 e. The summed E-state index contributed by atoms with van der Waals surface area (Å²) in [5.74, 6) is 1.66. The summed E-state index contributed by atoms with van der Waals surface area (Å²) in [6, 6.07) is 12.9. The van der Waals surface area contributed by atoms with Gasteiger partial charge in [0.25, 0.3) is 5.95 Å². The molecule has 1 N–H and O–H groups in total. The largest absolute Gasteiger partial charge is 0.493 e. The van der Waals surface area contributed by atoms with Gasteiger partial charge >= 0.3 is 0 Å². The molecule has 0 bridgehead atoms. The van der Waals surface area contributed by atoms with E-state index < -0.39 is 0 Å². The van der Waals surface area contributed by atoms with E-state index in [0.717, 1.165) is 22.4 Å². The van der Waals surface area contributed by atoms with Crippen LogP contribution in [-0.4, -0.2) is 45.1 Å². The van der Waals surface area contributed by atoms with E-state index in [4.69, 9.17) is 21.1 Å². The molecule has 9 nitrogen and oxygen atoms in total. The zero-order valence-electron chi connectivity index (χ0n) is 18.7. The molecule has 5 rings (SSSR count). The zero-order valence-corrected chi connectivity index (χ0v) is 19.5. The molecule has 0 spiro atoms. The molecule has 1 aliphatic rings. The first-order valence-electron chi connectivity index (χ1n) is 10.6. The third-order valence-corrected chi connectivity index (χ3v) is 6.04. The minimum atomic E-state index is -0.218. The third kappa shape index (κ3) is 3.84. The first-order valence-corrected chi connectivity index (χ1v) is 10.9. The Morgan fingerprint density at radius 1 is 1.09 bits per heavy atom. The number of rotatable bonds is 5. The first-order chi connectivity index (χ1) is 16.5. The number of benzene rings is 2. The number of anilines is 1. The van der Waals surface area contributed by atoms with Crippen molar-refractivity contribution in [3.8, 4) is 28.7 Å². The monoisotopic (exact) mass is 476 g/mol. The fourth-order valence-corrected chi connectivity index (χ4v) is 4.32. The van der Waals surface area contributed by atoms with Gasteiger partial charge in [-0.3, -0.25) is 4.79 Å². The van der Waals surface area contributed by atoms with E-state index in [-0.39, 0.29) is 24.2 Å². The second-order valence-electron chi connectivity index (χ2n) is 7.83. The molecule has 0 aliphatic carbocycles. The summed E-state index contributed by atoms with van der Waals surface area (Å²) < 4.78 is 12.4. The standard InChI is InChI=1S/C24H21ClN6O3/c1-13-22-17(15-6-9-19(33-2)20(10-15)34-3)11-21(32)28-23(22)31(30-13)24-27-18(12-26-29-24)14-4-7-16(25)8-5-14/h4-10,12,17H,11H2,1-3H3,(H,28,32). The van der Waals surface area contributed by atoms with Crippen LogP contribution in [0.1, 0.15) is 29.2 Å². The van der Waals surface area contributed by atoms with Crippen LogP contribution in [0, 0.1) is 6.92 Å². The van der Waals surface area contributed by atoms with Gasteiger partial charge in [0.1, 0.15) is 5.82 Å². The van der Waals surface area contributed by atoms with Gasteiger partial charge in [-0.1, -0.05) is 29.8 Å². The van der Waals surface area contributed by atoms with Crippen LogP contribution in [0.4, 0.5) is 5.82 Å². The quantitative estimate of drug-likeness (QED) is 0.460. The maximum atomic E-state index is 12.7. The summed E-state index contributed by atoms with van der Waals surface area (Å²) in [5, 5.41) is 16.5. The van der Waals surface area contributed by atoms with Crippen molar-refractivity contribution < 1.29 is 14.3 Å². The highest BCUT2D eigenvalue weighted by Gasteiger charge is 2.33. The zero-order chi connectivity index (χ0) is 23.8. The fourth-order valence-electron chi connectivity index (χ4n) is 4.19. The van der Waals surface area contributed by atoms with Crippen LogP contribution in [0.2, 0.25) is 5.02 Å². The van der Waals surface area contributed by atoms with Crippen LogP contribution in [0.3, 0.4) is 0 Å². The van der Waals surface area contributed by atoms with Gasteiger partial charge in [-0.15, -0.1) is 5.10 Å². The van der Waals surface area contributed by atoms with Gasteiger partial charge in [-0.05, 0) is 36.8 Å². The Labute approximate surface area is 200 Å². The van der Waals surface area contributed by atoms with E-state index >= 15 is 0 Å². The number of halogens is 1. The van der Waals surface area contributed by atoms with Crippen molar-refractivity contribution in [1.82, 2.24) is 25.0 Å². The maximum absolute atomic E-state index is 12.7. The number of methoxy groups -OCH3 is 2. The van der Waals surface area contributed by atoms with Crippen LogP contribution < -0.4 is 14.8 Å². The lowest BCUT2D eigenvalue weighted by molar-refractivity contribution is -0.116. The molecule has 10 heteroatoms. The number of carbonyl (C=O) groups is 1. The number of amides is 1. The summed E-state index contributed by atoms with van der Waals surface area (Å²) in [4.78, 5) is 17.4. The topological polar surface area (TPSA) is 104 Å². The van der Waals surface area contributed by atoms with Gasteiger partial charge < -0.3 is 14.8 Å². The molecule has 1 unspecified atom stereocenters. The summed E-state index contributed by atoms with van der Waals surface area (Å²) in [5.41, 5.74) is 4.03. The number of carbonyl (C=O) groups excluding carboxylic acids is 1. The summed E-state index contributed by atoms with van der Waals surface area (Å²) in [6.07, 6.45) is 1.85. The van der Waals surface area contributed by atoms with Gasteiger partial charge in [-0.2, -0.15) is 14.9 Å². The number of fused-ring (bicyclic) bond motifs is 1. The SMILES string of the molecule is COc1ccc(C2CC(=O)Nc3c2c(C)nn3-c2nncc(-c3ccc(Cl)cc3)n2)cc1OC. The number of aromatic nitrogens is 5. The number of ether oxygens (including phenoxy) is 2. The molecule has 0 radical (unpaired) electrons. The molecule has 1 atom stereocenters. The van der Waals surface area contributed by atoms with Crippen molar-refractivity contribution in [1.29, 1.82) is 0 Å². The molecule has 0 saturated carbocycles. The predicted octanol–water partition coefficient (Wildman–Crippen LogP) is 4.18. The van der Waals surface area contributed by atoms with Crippen molar-refractivity contribution in [2.45, 2.75) is 19.3 Å². The Hall–Kier alpha value is -3.98. The third-order valence-electron chi connectivity index (χ3n) is 5.79. The van der Waals surface area contributed by atoms with Crippen LogP contribution in [0.15, 0.2) is 48.7 Å². The number of nitrogens with zero attached hydrogens (tertiary/aromatic N) is 5. The second-order valence-corrected chi connectivity index (χ2v) is 8.26. The molecule has 0 fully saturated rings. The highest BCUT2D eigenvalue weighted by molar-refractivity contribution is 6.30. The molecule has 2 aromatic heterocycles. The number of nitrogens with one attached hydrogen (secondary N) is 1. The van der Waals surface area contributed by atoms with E-state index in [2.05, 4.69) is 25.6 Å². The fraction of sp³-hybridized carbons (Fsp3) is 0.208. The molecule has 0 saturated heterocycles. The number of hydrogen-bond acceptors (Lipinski definition) is 7. The molecule has 2 aromatic carbocycles. The average molecular weight is 477 g/mol. The van der Waals surface area contributed by atoms with Crippen LogP contribution in [-0.2, 0) is 4.79 Å². The minimum Gasteiger partial charge on any atom is -0.493 e. The van der Waals surface area contributed by atoms with Crippen LogP contribution >= 0.6 is 11.6 Å². The summed E-state index contributed by atoms with van der Waals surface area (Å²) in [7, 11) is 3.17. The van der Waals surface area contributed by atoms with Gasteiger partial charge in [-0.25, -0.2) is 4.98 Å². The molecule has 4 aromatic rings. The normalized spacial score (nSPS) is 14.9. The number of hydrogen-bond donors (Lipinski definition) is 1. The second kappa shape index (κ2) is 8.75. The minimum absolute atomic E-state index is 0.129. The molecule has 34 heavy (non-hydrogen) atoms. The molecule has 172 valence electrons. The van der Waals surface area contributed by atoms with Crippen molar-refractivity contribution in [2.24, 2.45) is 0 Å². The maximum Gasteiger partial charge on any atom is 0.272 e. The van der Waals surface area contributed by atoms with Crippen molar-refractivity contribution in [3.63, 3.8) is 0 Å². The Morgan fingerprint density at radius 2 is 1.85 bits per heavy atom. The Balaban J connectivity index is 1.59. The van der Waals surface area contributed by atoms with Gasteiger partial charge in [0.15, 0.2) is 11.5 Å². The van der Waals surface area contributed by atoms with E-state index in [1.165, 1.54) is 4.68 Å². The average Bonchev–Trinajstić information content (AvgIpc) is 3.19. The molecular weight excluding hydrogens is 456 g/mol. The summed E-state index contributed by atoms with van der Waals surface area (Å²) in [6.45, 7) is 1.90. The van der Waals surface area contributed by atoms with Crippen LogP contribution in [0.5, 0.6) is 11.5 Å². The van der Waals surface area contributed by atoms with Crippen LogP contribution in [0.25, 0.3) is 17.2 Å².